The molecule has 0 aliphatic heterocycles. The van der Waals surface area contributed by atoms with E-state index in [-0.39, 0.29) is 11.9 Å². The zero-order valence-corrected chi connectivity index (χ0v) is 59.6. The van der Waals surface area contributed by atoms with Crippen LogP contribution in [0.15, 0.2) is 291 Å². The molecule has 8 rings (SSSR count). The van der Waals surface area contributed by atoms with E-state index in [0.717, 1.165) is 0 Å². The highest BCUT2D eigenvalue weighted by Gasteiger charge is 1.76. The van der Waals surface area contributed by atoms with E-state index in [1.54, 1.807) is 85.3 Å². The van der Waals surface area contributed by atoms with Crippen molar-refractivity contribution in [1.82, 2.24) is 0 Å². The van der Waals surface area contributed by atoms with E-state index in [0.29, 0.717) is 0 Å². The van der Waals surface area contributed by atoms with E-state index in [9.17, 15) is 9.59 Å². The van der Waals surface area contributed by atoms with Crippen molar-refractivity contribution < 1.29 is 47.5 Å². The van der Waals surface area contributed by atoms with Gasteiger partial charge in [0, 0.05) is 99.2 Å². The second-order valence-corrected chi connectivity index (χ2v) is 15.9. The number of esters is 2. The smallest absolute Gasteiger partial charge is 0.302 e. The third-order valence-electron chi connectivity index (χ3n) is 5.91. The fourth-order valence-corrected chi connectivity index (χ4v) is 3.08. The van der Waals surface area contributed by atoms with Crippen LogP contribution in [0.3, 0.4) is 0 Å². The van der Waals surface area contributed by atoms with Crippen molar-refractivity contribution in [3.05, 3.63) is 291 Å². The molecule has 0 aliphatic rings. The lowest BCUT2D eigenvalue weighted by Crippen LogP contribution is -1.88. The fraction of sp³-hybridized carbons (Fsp3) is 0.359. The predicted octanol–water partition coefficient (Wildman–Crippen LogP) is 21.1. The van der Waals surface area contributed by atoms with Gasteiger partial charge in [0.05, 0.1) is 14.2 Å². The van der Waals surface area contributed by atoms with Crippen LogP contribution in [0, 0.1) is 0 Å². The molecule has 0 spiro atoms. The molecule has 0 aliphatic carbocycles. The highest BCUT2D eigenvalue weighted by Crippen LogP contribution is 1.84. The molecule has 0 saturated heterocycles. The number of carbonyl (C=O) groups is 2. The van der Waals surface area contributed by atoms with Gasteiger partial charge in [-0.3, -0.25) is 9.59 Å². The van der Waals surface area contributed by atoms with E-state index < -0.39 is 0 Å². The Hall–Kier alpha value is -7.54. The summed E-state index contributed by atoms with van der Waals surface area (Å²) in [6.45, 7) is 19.7. The Kier molecular flexibility index (Phi) is 176. The summed E-state index contributed by atoms with van der Waals surface area (Å²) in [4.78, 5) is 19.2. The first-order chi connectivity index (χ1) is 42.7. The van der Waals surface area contributed by atoms with Gasteiger partial charge in [-0.15, -0.1) is 0 Å². The third kappa shape index (κ3) is 238. The van der Waals surface area contributed by atoms with Gasteiger partial charge in [-0.2, -0.15) is 0 Å². The van der Waals surface area contributed by atoms with Gasteiger partial charge in [-0.05, 0) is 0 Å². The first-order valence-electron chi connectivity index (χ1n) is 29.2. The van der Waals surface area contributed by atoms with Crippen molar-refractivity contribution in [2.24, 2.45) is 0 Å². The molecule has 0 saturated carbocycles. The average Bonchev–Trinajstić information content (AvgIpc) is 3.57. The Balaban J connectivity index is -0.0000000697. The van der Waals surface area contributed by atoms with Crippen molar-refractivity contribution in [1.29, 1.82) is 0 Å². The van der Waals surface area contributed by atoms with Gasteiger partial charge in [-0.25, -0.2) is 0 Å². The molecular formula is C78H128O10. The van der Waals surface area contributed by atoms with Gasteiger partial charge in [0.25, 0.3) is 0 Å². The molecule has 0 radical (unpaired) electrons. The molecule has 10 heteroatoms. The zero-order valence-electron chi connectivity index (χ0n) is 59.6. The summed E-state index contributed by atoms with van der Waals surface area (Å²) < 4.78 is 33.7. The van der Waals surface area contributed by atoms with E-state index in [1.807, 2.05) is 291 Å². The summed E-state index contributed by atoms with van der Waals surface area (Å²) in [5.41, 5.74) is 0. The van der Waals surface area contributed by atoms with Crippen LogP contribution in [-0.4, -0.2) is 111 Å². The highest BCUT2D eigenvalue weighted by molar-refractivity contribution is 5.65. The number of hydrogen-bond donors (Lipinski definition) is 0. The Labute approximate surface area is 542 Å². The largest absolute Gasteiger partial charge is 0.469 e. The Bertz CT molecular complexity index is 1350. The zero-order chi connectivity index (χ0) is 69.6. The molecule has 8 aromatic carbocycles. The number of rotatable bonds is 0. The molecule has 88 heavy (non-hydrogen) atoms. The van der Waals surface area contributed by atoms with Gasteiger partial charge in [0.1, 0.15) is 0 Å². The van der Waals surface area contributed by atoms with Gasteiger partial charge in [0.2, 0.25) is 0 Å². The maximum Gasteiger partial charge on any atom is 0.302 e. The minimum atomic E-state index is -0.245. The quantitative estimate of drug-likeness (QED) is 0.136. The van der Waals surface area contributed by atoms with E-state index in [1.165, 1.54) is 53.8 Å². The highest BCUT2D eigenvalue weighted by atomic mass is 16.5. The minimum Gasteiger partial charge on any atom is -0.469 e. The minimum absolute atomic E-state index is 0.245. The van der Waals surface area contributed by atoms with E-state index in [4.69, 9.17) is 0 Å². The number of hydrogen-bond acceptors (Lipinski definition) is 10. The van der Waals surface area contributed by atoms with Crippen LogP contribution >= 0.6 is 0 Å². The van der Waals surface area contributed by atoms with Gasteiger partial charge in [0.15, 0.2) is 0 Å². The number of benzene rings is 8. The molecule has 0 atom stereocenters. The topological polar surface area (TPSA) is 108 Å². The standard InChI is InChI=1S/8C6H6.2C3H6O2.4C3H8.6C2H6O/c8*1-2-4-6-5-3-1;2*1-3(4)5-2;10*1-3-2/h8*1-6H;2*1-2H3;4*3H2,1-2H3;6*1-2H3. The van der Waals surface area contributed by atoms with Crippen molar-refractivity contribution in [2.45, 2.75) is 94.9 Å². The van der Waals surface area contributed by atoms with Crippen LogP contribution in [0.1, 0.15) is 94.9 Å². The van der Waals surface area contributed by atoms with Crippen LogP contribution in [0.5, 0.6) is 0 Å². The summed E-state index contributed by atoms with van der Waals surface area (Å²) >= 11 is 0. The van der Waals surface area contributed by atoms with Crippen molar-refractivity contribution in [2.75, 3.05) is 99.5 Å². The lowest BCUT2D eigenvalue weighted by Gasteiger charge is -1.80. The molecule has 0 unspecified atom stereocenters. The number of carbonyl (C=O) groups excluding carboxylic acids is 2. The van der Waals surface area contributed by atoms with Crippen molar-refractivity contribution >= 4 is 11.9 Å². The summed E-state index contributed by atoms with van der Waals surface area (Å²) in [5.74, 6) is -0.491. The first-order valence-corrected chi connectivity index (χ1v) is 29.2. The normalized spacial score (nSPS) is 7.18. The van der Waals surface area contributed by atoms with Gasteiger partial charge in [-0.1, -0.05) is 372 Å². The van der Waals surface area contributed by atoms with Gasteiger partial charge >= 0.3 is 11.9 Å². The van der Waals surface area contributed by atoms with Crippen molar-refractivity contribution in [3.8, 4) is 0 Å². The van der Waals surface area contributed by atoms with E-state index in [2.05, 4.69) is 93.3 Å². The number of ether oxygens (including phenoxy) is 8. The fourth-order valence-electron chi connectivity index (χ4n) is 3.08. The summed E-state index contributed by atoms with van der Waals surface area (Å²) in [6, 6.07) is 96.0. The third-order valence-corrected chi connectivity index (χ3v) is 5.91. The Morgan fingerprint density at radius 3 is 0.205 bits per heavy atom. The van der Waals surface area contributed by atoms with Crippen LogP contribution in [-0.2, 0) is 47.5 Å². The second-order valence-electron chi connectivity index (χ2n) is 15.9. The summed E-state index contributed by atoms with van der Waals surface area (Å²) in [7, 11) is 22.2. The monoisotopic (exact) mass is 1220 g/mol. The summed E-state index contributed by atoms with van der Waals surface area (Å²) in [6.07, 6.45) is 5.00. The molecule has 10 nitrogen and oxygen atoms in total. The Morgan fingerprint density at radius 1 is 0.170 bits per heavy atom. The molecule has 0 heterocycles. The molecule has 500 valence electrons. The van der Waals surface area contributed by atoms with Crippen LogP contribution in [0.2, 0.25) is 0 Å². The lowest BCUT2D eigenvalue weighted by molar-refractivity contribution is -0.138. The first kappa shape index (κ1) is 108. The number of methoxy groups -OCH3 is 8. The SMILES string of the molecule is CCC.CCC.CCC.CCC.COC.COC.COC.COC.COC.COC.COC(C)=O.COC(C)=O.c1ccccc1.c1ccccc1.c1ccccc1.c1ccccc1.c1ccccc1.c1ccccc1.c1ccccc1.c1ccccc1. The molecule has 0 aromatic heterocycles. The molecule has 0 fully saturated rings. The predicted molar refractivity (Wildman–Crippen MR) is 388 cm³/mol. The Morgan fingerprint density at radius 2 is 0.193 bits per heavy atom. The summed E-state index contributed by atoms with van der Waals surface area (Å²) in [5, 5.41) is 0. The molecule has 0 N–H and O–H groups in total. The molecular weight excluding hydrogens is 1100 g/mol. The second kappa shape index (κ2) is 143. The van der Waals surface area contributed by atoms with Gasteiger partial charge < -0.3 is 37.9 Å². The van der Waals surface area contributed by atoms with Crippen molar-refractivity contribution in [3.63, 3.8) is 0 Å². The average molecular weight is 1230 g/mol. The van der Waals surface area contributed by atoms with Crippen LogP contribution in [0.25, 0.3) is 0 Å². The molecule has 8 aromatic rings. The molecule has 0 bridgehead atoms. The van der Waals surface area contributed by atoms with Crippen LogP contribution in [0.4, 0.5) is 0 Å². The lowest BCUT2D eigenvalue weighted by atomic mass is 10.4. The maximum atomic E-state index is 9.59. The molecule has 0 amide bonds. The van der Waals surface area contributed by atoms with Crippen LogP contribution < -0.4 is 0 Å². The maximum absolute atomic E-state index is 9.59. The van der Waals surface area contributed by atoms with E-state index >= 15 is 0 Å².